The van der Waals surface area contributed by atoms with Crippen molar-refractivity contribution in [1.29, 1.82) is 0 Å². The van der Waals surface area contributed by atoms with E-state index < -0.39 is 5.60 Å². The van der Waals surface area contributed by atoms with Gasteiger partial charge in [-0.1, -0.05) is 0 Å². The van der Waals surface area contributed by atoms with E-state index in [4.69, 9.17) is 9.47 Å². The zero-order chi connectivity index (χ0) is 16.3. The van der Waals surface area contributed by atoms with Crippen LogP contribution in [0.25, 0.3) is 0 Å². The van der Waals surface area contributed by atoms with Gasteiger partial charge in [0, 0.05) is 25.7 Å². The first-order chi connectivity index (χ1) is 10.3. The van der Waals surface area contributed by atoms with Crippen molar-refractivity contribution in [2.75, 3.05) is 31.6 Å². The lowest BCUT2D eigenvalue weighted by molar-refractivity contribution is 0.0158. The first-order valence-corrected chi connectivity index (χ1v) is 7.40. The number of hydrogen-bond donors (Lipinski definition) is 0. The van der Waals surface area contributed by atoms with Crippen molar-refractivity contribution in [3.05, 3.63) is 12.5 Å². The molecule has 1 aliphatic rings. The van der Waals surface area contributed by atoms with Crippen molar-refractivity contribution in [2.24, 2.45) is 0 Å². The summed E-state index contributed by atoms with van der Waals surface area (Å²) in [6.07, 6.45) is 2.88. The molecule has 0 bridgehead atoms. The minimum Gasteiger partial charge on any atom is -0.491 e. The third-order valence-corrected chi connectivity index (χ3v) is 3.43. The van der Waals surface area contributed by atoms with Crippen LogP contribution in [0.3, 0.4) is 0 Å². The molecule has 7 heteroatoms. The van der Waals surface area contributed by atoms with Crippen molar-refractivity contribution < 1.29 is 14.3 Å². The Morgan fingerprint density at radius 3 is 2.68 bits per heavy atom. The van der Waals surface area contributed by atoms with E-state index in [2.05, 4.69) is 14.9 Å². The van der Waals surface area contributed by atoms with Crippen LogP contribution in [0.5, 0.6) is 5.75 Å². The number of rotatable bonds is 2. The Bertz CT molecular complexity index is 530. The highest BCUT2D eigenvalue weighted by molar-refractivity contribution is 5.69. The Labute approximate surface area is 131 Å². The number of aromatic nitrogens is 2. The average molecular weight is 308 g/mol. The van der Waals surface area contributed by atoms with Gasteiger partial charge in [-0.05, 0) is 27.7 Å². The van der Waals surface area contributed by atoms with E-state index >= 15 is 0 Å². The summed E-state index contributed by atoms with van der Waals surface area (Å²) in [6, 6.07) is 0.0308. The molecular weight excluding hydrogens is 284 g/mol. The van der Waals surface area contributed by atoms with Gasteiger partial charge in [0.2, 0.25) is 0 Å². The molecule has 1 aromatic rings. The van der Waals surface area contributed by atoms with Crippen LogP contribution in [0.4, 0.5) is 10.6 Å². The maximum Gasteiger partial charge on any atom is 0.410 e. The molecule has 1 aliphatic heterocycles. The predicted molar refractivity (Wildman–Crippen MR) is 83.2 cm³/mol. The molecule has 0 aliphatic carbocycles. The molecule has 0 unspecified atom stereocenters. The predicted octanol–water partition coefficient (Wildman–Crippen LogP) is 1.93. The molecule has 0 radical (unpaired) electrons. The van der Waals surface area contributed by atoms with Gasteiger partial charge in [0.15, 0.2) is 11.6 Å². The zero-order valence-electron chi connectivity index (χ0n) is 13.9. The van der Waals surface area contributed by atoms with Crippen LogP contribution < -0.4 is 9.64 Å². The second-order valence-electron chi connectivity index (χ2n) is 6.38. The number of carbonyl (C=O) groups is 1. The molecule has 1 aromatic heterocycles. The highest BCUT2D eigenvalue weighted by atomic mass is 16.6. The fourth-order valence-electron chi connectivity index (χ4n) is 2.43. The smallest absolute Gasteiger partial charge is 0.410 e. The molecule has 1 atom stereocenters. The van der Waals surface area contributed by atoms with E-state index in [0.29, 0.717) is 25.4 Å². The third kappa shape index (κ3) is 3.78. The summed E-state index contributed by atoms with van der Waals surface area (Å²) in [5.74, 6) is 1.40. The number of piperazine rings is 1. The summed E-state index contributed by atoms with van der Waals surface area (Å²) in [6.45, 7) is 9.56. The van der Waals surface area contributed by atoms with Crippen LogP contribution in [0.15, 0.2) is 12.5 Å². The van der Waals surface area contributed by atoms with Crippen molar-refractivity contribution in [3.8, 4) is 5.75 Å². The van der Waals surface area contributed by atoms with E-state index in [1.807, 2.05) is 27.7 Å². The Kier molecular flexibility index (Phi) is 4.73. The van der Waals surface area contributed by atoms with E-state index in [-0.39, 0.29) is 12.1 Å². The highest BCUT2D eigenvalue weighted by Gasteiger charge is 2.32. The monoisotopic (exact) mass is 308 g/mol. The van der Waals surface area contributed by atoms with Gasteiger partial charge in [0.25, 0.3) is 0 Å². The molecule has 0 spiro atoms. The van der Waals surface area contributed by atoms with Gasteiger partial charge in [-0.3, -0.25) is 0 Å². The standard InChI is InChI=1S/C15H24N4O3/c1-11-9-18(13-12(21-5)8-16-10-17-13)6-7-19(11)14(20)22-15(2,3)4/h8,10-11H,6-7,9H2,1-5H3/t11-/m0/s1. The van der Waals surface area contributed by atoms with Crippen LogP contribution in [-0.4, -0.2) is 59.3 Å². The summed E-state index contributed by atoms with van der Waals surface area (Å²) >= 11 is 0. The van der Waals surface area contributed by atoms with Crippen LogP contribution >= 0.6 is 0 Å². The molecule has 0 N–H and O–H groups in total. The van der Waals surface area contributed by atoms with Gasteiger partial charge in [0.05, 0.1) is 13.3 Å². The lowest BCUT2D eigenvalue weighted by atomic mass is 10.2. The van der Waals surface area contributed by atoms with E-state index in [0.717, 1.165) is 5.82 Å². The summed E-state index contributed by atoms with van der Waals surface area (Å²) in [5, 5.41) is 0. The van der Waals surface area contributed by atoms with Crippen molar-refractivity contribution in [1.82, 2.24) is 14.9 Å². The first-order valence-electron chi connectivity index (χ1n) is 7.40. The molecule has 1 saturated heterocycles. The van der Waals surface area contributed by atoms with E-state index in [1.165, 1.54) is 6.33 Å². The molecule has 1 amide bonds. The fraction of sp³-hybridized carbons (Fsp3) is 0.667. The summed E-state index contributed by atoms with van der Waals surface area (Å²) in [7, 11) is 1.60. The molecule has 2 heterocycles. The van der Waals surface area contributed by atoms with Crippen LogP contribution in [0, 0.1) is 0 Å². The van der Waals surface area contributed by atoms with Crippen LogP contribution in [0.1, 0.15) is 27.7 Å². The normalized spacial score (nSPS) is 19.0. The molecular formula is C15H24N4O3. The van der Waals surface area contributed by atoms with Gasteiger partial charge < -0.3 is 19.3 Å². The maximum atomic E-state index is 12.2. The van der Waals surface area contributed by atoms with Gasteiger partial charge in [-0.15, -0.1) is 0 Å². The van der Waals surface area contributed by atoms with Gasteiger partial charge in [-0.2, -0.15) is 0 Å². The van der Waals surface area contributed by atoms with E-state index in [1.54, 1.807) is 18.2 Å². The largest absolute Gasteiger partial charge is 0.491 e. The lowest BCUT2D eigenvalue weighted by Crippen LogP contribution is -2.55. The van der Waals surface area contributed by atoms with Crippen LogP contribution in [-0.2, 0) is 4.74 Å². The van der Waals surface area contributed by atoms with Crippen molar-refractivity contribution in [2.45, 2.75) is 39.3 Å². The molecule has 7 nitrogen and oxygen atoms in total. The SMILES string of the molecule is COc1cncnc1N1CCN(C(=O)OC(C)(C)C)[C@@H](C)C1. The molecule has 122 valence electrons. The number of amides is 1. The summed E-state index contributed by atoms with van der Waals surface area (Å²) < 4.78 is 10.8. The second kappa shape index (κ2) is 6.37. The van der Waals surface area contributed by atoms with Gasteiger partial charge in [0.1, 0.15) is 11.9 Å². The van der Waals surface area contributed by atoms with Gasteiger partial charge in [-0.25, -0.2) is 14.8 Å². The third-order valence-electron chi connectivity index (χ3n) is 3.43. The Morgan fingerprint density at radius 2 is 2.09 bits per heavy atom. The molecule has 0 saturated carbocycles. The van der Waals surface area contributed by atoms with Gasteiger partial charge >= 0.3 is 6.09 Å². The Hall–Kier alpha value is -2.05. The molecule has 1 fully saturated rings. The number of carbonyl (C=O) groups excluding carboxylic acids is 1. The average Bonchev–Trinajstić information content (AvgIpc) is 2.45. The first kappa shape index (κ1) is 16.3. The number of methoxy groups -OCH3 is 1. The molecule has 22 heavy (non-hydrogen) atoms. The number of nitrogens with zero attached hydrogens (tertiary/aromatic N) is 4. The zero-order valence-corrected chi connectivity index (χ0v) is 13.9. The molecule has 0 aromatic carbocycles. The van der Waals surface area contributed by atoms with Crippen molar-refractivity contribution in [3.63, 3.8) is 0 Å². The number of anilines is 1. The highest BCUT2D eigenvalue weighted by Crippen LogP contribution is 2.26. The minimum absolute atomic E-state index is 0.0308. The fourth-order valence-corrected chi connectivity index (χ4v) is 2.43. The Balaban J connectivity index is 2.05. The van der Waals surface area contributed by atoms with Crippen molar-refractivity contribution >= 4 is 11.9 Å². The maximum absolute atomic E-state index is 12.2. The Morgan fingerprint density at radius 1 is 1.36 bits per heavy atom. The summed E-state index contributed by atoms with van der Waals surface area (Å²) in [4.78, 5) is 24.3. The summed E-state index contributed by atoms with van der Waals surface area (Å²) in [5.41, 5.74) is -0.482. The second-order valence-corrected chi connectivity index (χ2v) is 6.38. The quantitative estimate of drug-likeness (QED) is 0.831. The van der Waals surface area contributed by atoms with E-state index in [9.17, 15) is 4.79 Å². The lowest BCUT2D eigenvalue weighted by Gasteiger charge is -2.40. The number of hydrogen-bond acceptors (Lipinski definition) is 6. The topological polar surface area (TPSA) is 67.8 Å². The minimum atomic E-state index is -0.482. The van der Waals surface area contributed by atoms with Crippen LogP contribution in [0.2, 0.25) is 0 Å². The molecule has 2 rings (SSSR count). The number of ether oxygens (including phenoxy) is 2.